The topological polar surface area (TPSA) is 122 Å². The van der Waals surface area contributed by atoms with Gasteiger partial charge in [0.25, 0.3) is 21.6 Å². The second-order valence-electron chi connectivity index (χ2n) is 6.54. The van der Waals surface area contributed by atoms with Gasteiger partial charge >= 0.3 is 0 Å². The molecule has 3 aromatic rings. The van der Waals surface area contributed by atoms with E-state index in [9.17, 15) is 23.3 Å². The number of anilines is 1. The molecule has 0 aliphatic rings. The second kappa shape index (κ2) is 10.4. The van der Waals surface area contributed by atoms with Gasteiger partial charge in [0.05, 0.1) is 31.8 Å². The first-order valence-electron chi connectivity index (χ1n) is 9.28. The van der Waals surface area contributed by atoms with Gasteiger partial charge in [0.1, 0.15) is 6.54 Å². The fourth-order valence-corrected chi connectivity index (χ4v) is 4.63. The summed E-state index contributed by atoms with van der Waals surface area (Å²) in [4.78, 5) is 22.7. The molecule has 0 aromatic heterocycles. The van der Waals surface area contributed by atoms with E-state index in [0.29, 0.717) is 5.56 Å². The number of hydrogen-bond donors (Lipinski definition) is 1. The summed E-state index contributed by atoms with van der Waals surface area (Å²) >= 11 is 12.3. The predicted molar refractivity (Wildman–Crippen MR) is 126 cm³/mol. The molecule has 0 fully saturated rings. The van der Waals surface area contributed by atoms with Crippen LogP contribution >= 0.6 is 23.2 Å². The number of carbonyl (C=O) groups excluding carboxylic acids is 1. The Morgan fingerprint density at radius 3 is 2.33 bits per heavy atom. The van der Waals surface area contributed by atoms with E-state index in [1.54, 1.807) is 18.2 Å². The van der Waals surface area contributed by atoms with E-state index in [1.807, 2.05) is 0 Å². The van der Waals surface area contributed by atoms with Crippen LogP contribution in [-0.2, 0) is 14.8 Å². The number of sulfonamides is 1. The molecule has 0 unspecified atom stereocenters. The van der Waals surface area contributed by atoms with Crippen LogP contribution in [0.1, 0.15) is 5.56 Å². The summed E-state index contributed by atoms with van der Waals surface area (Å²) in [7, 11) is -4.16. The molecule has 0 heterocycles. The number of hydrazone groups is 1. The van der Waals surface area contributed by atoms with Crippen LogP contribution in [0.25, 0.3) is 0 Å². The SMILES string of the molecule is O=C(CN(c1cccc(Cl)c1Cl)S(=O)(=O)c1ccccc1)N/N=C/c1ccc([N+](=O)[O-])cc1. The van der Waals surface area contributed by atoms with Crippen molar-refractivity contribution in [3.8, 4) is 0 Å². The van der Waals surface area contributed by atoms with E-state index in [2.05, 4.69) is 10.5 Å². The summed E-state index contributed by atoms with van der Waals surface area (Å²) in [6.45, 7) is -0.630. The van der Waals surface area contributed by atoms with Crippen LogP contribution in [0.15, 0.2) is 82.8 Å². The van der Waals surface area contributed by atoms with Crippen molar-refractivity contribution in [3.63, 3.8) is 0 Å². The maximum absolute atomic E-state index is 13.3. The molecule has 170 valence electrons. The maximum Gasteiger partial charge on any atom is 0.269 e. The fraction of sp³-hybridized carbons (Fsp3) is 0.0476. The number of rotatable bonds is 8. The molecule has 0 saturated carbocycles. The Labute approximate surface area is 199 Å². The van der Waals surface area contributed by atoms with Crippen molar-refractivity contribution in [1.82, 2.24) is 5.43 Å². The molecule has 3 rings (SSSR count). The number of benzene rings is 3. The van der Waals surface area contributed by atoms with Gasteiger partial charge in [-0.05, 0) is 42.0 Å². The van der Waals surface area contributed by atoms with Crippen LogP contribution < -0.4 is 9.73 Å². The smallest absolute Gasteiger partial charge is 0.269 e. The first-order chi connectivity index (χ1) is 15.7. The molecule has 3 aromatic carbocycles. The predicted octanol–water partition coefficient (Wildman–Crippen LogP) is 4.25. The molecule has 1 amide bonds. The lowest BCUT2D eigenvalue weighted by atomic mass is 10.2. The molecule has 0 aliphatic heterocycles. The van der Waals surface area contributed by atoms with Crippen molar-refractivity contribution in [2.45, 2.75) is 4.90 Å². The standard InChI is InChI=1S/C21H16Cl2N4O5S/c22-18-7-4-8-19(21(18)23)26(33(31,32)17-5-2-1-3-6-17)14-20(28)25-24-13-15-9-11-16(12-10-15)27(29)30/h1-13H,14H2,(H,25,28)/b24-13+. The Balaban J connectivity index is 1.83. The Bertz CT molecular complexity index is 1300. The summed E-state index contributed by atoms with van der Waals surface area (Å²) in [6, 6.07) is 17.5. The average Bonchev–Trinajstić information content (AvgIpc) is 2.80. The highest BCUT2D eigenvalue weighted by Gasteiger charge is 2.29. The zero-order valence-corrected chi connectivity index (χ0v) is 19.1. The molecule has 0 saturated heterocycles. The number of non-ortho nitro benzene ring substituents is 1. The van der Waals surface area contributed by atoms with Crippen molar-refractivity contribution in [2.24, 2.45) is 5.10 Å². The Morgan fingerprint density at radius 1 is 1.03 bits per heavy atom. The van der Waals surface area contributed by atoms with Crippen molar-refractivity contribution in [1.29, 1.82) is 0 Å². The molecule has 33 heavy (non-hydrogen) atoms. The molecule has 0 spiro atoms. The Morgan fingerprint density at radius 2 is 1.70 bits per heavy atom. The van der Waals surface area contributed by atoms with Crippen LogP contribution in [0.4, 0.5) is 11.4 Å². The third-order valence-electron chi connectivity index (χ3n) is 4.33. The van der Waals surface area contributed by atoms with E-state index in [1.165, 1.54) is 60.8 Å². The number of nitro groups is 1. The summed E-state index contributed by atoms with van der Waals surface area (Å²) < 4.78 is 27.4. The van der Waals surface area contributed by atoms with Gasteiger partial charge in [-0.25, -0.2) is 13.8 Å². The highest BCUT2D eigenvalue weighted by atomic mass is 35.5. The van der Waals surface area contributed by atoms with E-state index < -0.39 is 27.4 Å². The number of nitrogens with one attached hydrogen (secondary N) is 1. The van der Waals surface area contributed by atoms with E-state index in [0.717, 1.165) is 4.31 Å². The summed E-state index contributed by atoms with van der Waals surface area (Å²) in [5, 5.41) is 14.6. The normalized spacial score (nSPS) is 11.3. The van der Waals surface area contributed by atoms with E-state index >= 15 is 0 Å². The molecule has 12 heteroatoms. The number of nitrogens with zero attached hydrogens (tertiary/aromatic N) is 3. The minimum absolute atomic E-state index is 0.0270. The lowest BCUT2D eigenvalue weighted by Gasteiger charge is -2.24. The van der Waals surface area contributed by atoms with Gasteiger partial charge < -0.3 is 0 Å². The van der Waals surface area contributed by atoms with Gasteiger partial charge in [-0.3, -0.25) is 19.2 Å². The first-order valence-corrected chi connectivity index (χ1v) is 11.5. The molecule has 9 nitrogen and oxygen atoms in total. The van der Waals surface area contributed by atoms with E-state index in [-0.39, 0.29) is 26.3 Å². The Kier molecular flexibility index (Phi) is 7.64. The fourth-order valence-electron chi connectivity index (χ4n) is 2.73. The van der Waals surface area contributed by atoms with Crippen LogP contribution in [0.5, 0.6) is 0 Å². The van der Waals surface area contributed by atoms with Gasteiger partial charge in [-0.1, -0.05) is 47.5 Å². The number of halogens is 2. The zero-order valence-electron chi connectivity index (χ0n) is 16.8. The monoisotopic (exact) mass is 506 g/mol. The van der Waals surface area contributed by atoms with Crippen molar-refractivity contribution < 1.29 is 18.1 Å². The van der Waals surface area contributed by atoms with Gasteiger partial charge in [0, 0.05) is 12.1 Å². The summed E-state index contributed by atoms with van der Waals surface area (Å²) in [5.41, 5.74) is 2.68. The van der Waals surface area contributed by atoms with E-state index in [4.69, 9.17) is 23.2 Å². The van der Waals surface area contributed by atoms with Gasteiger partial charge in [0.15, 0.2) is 0 Å². The minimum atomic E-state index is -4.16. The highest BCUT2D eigenvalue weighted by molar-refractivity contribution is 7.92. The van der Waals surface area contributed by atoms with Crippen LogP contribution in [0.3, 0.4) is 0 Å². The van der Waals surface area contributed by atoms with Crippen molar-refractivity contribution in [3.05, 3.63) is 98.5 Å². The van der Waals surface area contributed by atoms with Crippen LogP contribution in [-0.4, -0.2) is 32.0 Å². The molecular formula is C21H16Cl2N4O5S. The molecule has 0 bridgehead atoms. The third-order valence-corrected chi connectivity index (χ3v) is 6.91. The molecule has 0 radical (unpaired) electrons. The summed E-state index contributed by atoms with van der Waals surface area (Å²) in [6.07, 6.45) is 1.27. The number of carbonyl (C=O) groups is 1. The number of nitro benzene ring substituents is 1. The lowest BCUT2D eigenvalue weighted by molar-refractivity contribution is -0.384. The third kappa shape index (κ3) is 5.86. The van der Waals surface area contributed by atoms with Crippen LogP contribution in [0, 0.1) is 10.1 Å². The quantitative estimate of drug-likeness (QED) is 0.278. The minimum Gasteiger partial charge on any atom is -0.271 e. The van der Waals surface area contributed by atoms with Gasteiger partial charge in [0.2, 0.25) is 0 Å². The molecule has 0 atom stereocenters. The largest absolute Gasteiger partial charge is 0.271 e. The number of amides is 1. The Hall–Kier alpha value is -3.47. The molecular weight excluding hydrogens is 491 g/mol. The highest BCUT2D eigenvalue weighted by Crippen LogP contribution is 2.35. The second-order valence-corrected chi connectivity index (χ2v) is 9.19. The molecule has 1 N–H and O–H groups in total. The number of hydrogen-bond acceptors (Lipinski definition) is 6. The van der Waals surface area contributed by atoms with Gasteiger partial charge in [-0.2, -0.15) is 5.10 Å². The van der Waals surface area contributed by atoms with Gasteiger partial charge in [-0.15, -0.1) is 0 Å². The molecule has 0 aliphatic carbocycles. The maximum atomic E-state index is 13.3. The van der Waals surface area contributed by atoms with Crippen molar-refractivity contribution >= 4 is 56.7 Å². The first kappa shape index (κ1) is 24.2. The lowest BCUT2D eigenvalue weighted by Crippen LogP contribution is -2.39. The van der Waals surface area contributed by atoms with Crippen LogP contribution in [0.2, 0.25) is 10.0 Å². The summed E-state index contributed by atoms with van der Waals surface area (Å²) in [5.74, 6) is -0.747. The van der Waals surface area contributed by atoms with Crippen molar-refractivity contribution in [2.75, 3.05) is 10.8 Å². The zero-order chi connectivity index (χ0) is 24.0. The average molecular weight is 507 g/mol.